The highest BCUT2D eigenvalue weighted by Gasteiger charge is 2.35. The predicted molar refractivity (Wildman–Crippen MR) is 166 cm³/mol. The standard InChI is InChI=1S/C30H21BrCl2N2O4S/c1-2-38-25-15-17(14-22(31)27(25)39-16-19-9-5-8-18-7-3-4-10-20(18)19)13-21-28(36)34-30(40)35(29(21)37)24-12-6-11-23(32)26(24)33/h3-15H,2,16H2,1H3,(H,34,36,40)/b21-13+. The van der Waals surface area contributed by atoms with Crippen LogP contribution in [0.2, 0.25) is 10.0 Å². The monoisotopic (exact) mass is 654 g/mol. The zero-order valence-corrected chi connectivity index (χ0v) is 25.0. The Labute approximate surface area is 254 Å². The maximum absolute atomic E-state index is 13.5. The summed E-state index contributed by atoms with van der Waals surface area (Å²) in [6.07, 6.45) is 1.46. The number of benzene rings is 4. The van der Waals surface area contributed by atoms with Crippen molar-refractivity contribution in [2.45, 2.75) is 13.5 Å². The minimum Gasteiger partial charge on any atom is -0.490 e. The van der Waals surface area contributed by atoms with Crippen LogP contribution in [0.25, 0.3) is 16.8 Å². The van der Waals surface area contributed by atoms with E-state index in [1.807, 2.05) is 31.2 Å². The first-order valence-electron chi connectivity index (χ1n) is 12.2. The molecule has 0 bridgehead atoms. The van der Waals surface area contributed by atoms with E-state index >= 15 is 0 Å². The Morgan fingerprint density at radius 2 is 1.75 bits per heavy atom. The average molecular weight is 656 g/mol. The maximum atomic E-state index is 13.5. The molecule has 0 radical (unpaired) electrons. The van der Waals surface area contributed by atoms with Crippen LogP contribution >= 0.6 is 51.3 Å². The Bertz CT molecular complexity index is 1700. The lowest BCUT2D eigenvalue weighted by Gasteiger charge is -2.29. The van der Waals surface area contributed by atoms with E-state index in [0.29, 0.717) is 34.7 Å². The van der Waals surface area contributed by atoms with Crippen LogP contribution in [0.15, 0.2) is 82.8 Å². The molecule has 5 rings (SSSR count). The number of fused-ring (bicyclic) bond motifs is 1. The molecule has 1 aliphatic heterocycles. The Morgan fingerprint density at radius 3 is 2.55 bits per heavy atom. The summed E-state index contributed by atoms with van der Waals surface area (Å²) >= 11 is 21.4. The van der Waals surface area contributed by atoms with Gasteiger partial charge in [0, 0.05) is 0 Å². The summed E-state index contributed by atoms with van der Waals surface area (Å²) < 4.78 is 12.7. The number of amides is 2. The van der Waals surface area contributed by atoms with Gasteiger partial charge < -0.3 is 9.47 Å². The van der Waals surface area contributed by atoms with E-state index < -0.39 is 11.8 Å². The SMILES string of the molecule is CCOc1cc(/C=C2\C(=O)NC(=S)N(c3cccc(Cl)c3Cl)C2=O)cc(Br)c1OCc1cccc2ccccc12. The molecule has 1 N–H and O–H groups in total. The second-order valence-electron chi connectivity index (χ2n) is 8.72. The summed E-state index contributed by atoms with van der Waals surface area (Å²) in [5.74, 6) is -0.305. The van der Waals surface area contributed by atoms with E-state index in [-0.39, 0.29) is 26.4 Å². The topological polar surface area (TPSA) is 67.9 Å². The highest BCUT2D eigenvalue weighted by Crippen LogP contribution is 2.39. The first-order chi connectivity index (χ1) is 19.3. The zero-order chi connectivity index (χ0) is 28.4. The van der Waals surface area contributed by atoms with Crippen molar-refractivity contribution in [3.63, 3.8) is 0 Å². The van der Waals surface area contributed by atoms with Gasteiger partial charge in [0.25, 0.3) is 11.8 Å². The van der Waals surface area contributed by atoms with Gasteiger partial charge in [-0.15, -0.1) is 0 Å². The molecule has 202 valence electrons. The van der Waals surface area contributed by atoms with Crippen LogP contribution in [-0.2, 0) is 16.2 Å². The molecule has 0 saturated carbocycles. The van der Waals surface area contributed by atoms with Crippen LogP contribution in [-0.4, -0.2) is 23.5 Å². The molecule has 1 fully saturated rings. The third-order valence-electron chi connectivity index (χ3n) is 6.17. The van der Waals surface area contributed by atoms with Crippen molar-refractivity contribution in [2.24, 2.45) is 0 Å². The lowest BCUT2D eigenvalue weighted by Crippen LogP contribution is -2.54. The van der Waals surface area contributed by atoms with Crippen molar-refractivity contribution in [3.05, 3.63) is 104 Å². The highest BCUT2D eigenvalue weighted by atomic mass is 79.9. The van der Waals surface area contributed by atoms with Gasteiger partial charge in [0.15, 0.2) is 16.6 Å². The lowest BCUT2D eigenvalue weighted by atomic mass is 10.1. The number of hydrogen-bond donors (Lipinski definition) is 1. The molecule has 6 nitrogen and oxygen atoms in total. The lowest BCUT2D eigenvalue weighted by molar-refractivity contribution is -0.122. The number of halogens is 3. The molecule has 1 heterocycles. The van der Waals surface area contributed by atoms with Crippen LogP contribution in [0.4, 0.5) is 5.69 Å². The molecule has 1 aliphatic rings. The van der Waals surface area contributed by atoms with Crippen LogP contribution in [0.5, 0.6) is 11.5 Å². The summed E-state index contributed by atoms with van der Waals surface area (Å²) in [4.78, 5) is 27.5. The van der Waals surface area contributed by atoms with Crippen molar-refractivity contribution >= 4 is 90.8 Å². The van der Waals surface area contributed by atoms with Gasteiger partial charge in [0.2, 0.25) is 0 Å². The van der Waals surface area contributed by atoms with Crippen molar-refractivity contribution in [3.8, 4) is 11.5 Å². The van der Waals surface area contributed by atoms with E-state index in [0.717, 1.165) is 21.2 Å². The first kappa shape index (κ1) is 28.1. The van der Waals surface area contributed by atoms with Crippen molar-refractivity contribution < 1.29 is 19.1 Å². The largest absolute Gasteiger partial charge is 0.490 e. The fourth-order valence-corrected chi connectivity index (χ4v) is 5.58. The Hall–Kier alpha value is -3.43. The third kappa shape index (κ3) is 5.58. The minimum atomic E-state index is -0.636. The fraction of sp³-hybridized carbons (Fsp3) is 0.100. The Balaban J connectivity index is 1.48. The van der Waals surface area contributed by atoms with E-state index in [2.05, 4.69) is 39.4 Å². The quantitative estimate of drug-likeness (QED) is 0.125. The summed E-state index contributed by atoms with van der Waals surface area (Å²) in [6, 6.07) is 22.5. The van der Waals surface area contributed by atoms with Gasteiger partial charge in [-0.3, -0.25) is 19.8 Å². The third-order valence-corrected chi connectivity index (χ3v) is 7.85. The highest BCUT2D eigenvalue weighted by molar-refractivity contribution is 9.10. The Kier molecular flexibility index (Phi) is 8.42. The average Bonchev–Trinajstić information content (AvgIpc) is 2.93. The van der Waals surface area contributed by atoms with Crippen LogP contribution in [0.1, 0.15) is 18.1 Å². The maximum Gasteiger partial charge on any atom is 0.270 e. The molecule has 10 heteroatoms. The molecule has 1 saturated heterocycles. The summed E-state index contributed by atoms with van der Waals surface area (Å²) in [5, 5.41) is 5.08. The number of hydrogen-bond acceptors (Lipinski definition) is 5. The zero-order valence-electron chi connectivity index (χ0n) is 21.0. The number of ether oxygens (including phenoxy) is 2. The summed E-state index contributed by atoms with van der Waals surface area (Å²) in [6.45, 7) is 2.55. The molecule has 0 aliphatic carbocycles. The van der Waals surface area contributed by atoms with E-state index in [9.17, 15) is 9.59 Å². The van der Waals surface area contributed by atoms with Crippen LogP contribution < -0.4 is 19.7 Å². The number of nitrogens with zero attached hydrogens (tertiary/aromatic N) is 1. The molecular weight excluding hydrogens is 635 g/mol. The second-order valence-corrected chi connectivity index (χ2v) is 10.7. The predicted octanol–water partition coefficient (Wildman–Crippen LogP) is 7.72. The molecule has 40 heavy (non-hydrogen) atoms. The van der Waals surface area contributed by atoms with E-state index in [1.165, 1.54) is 6.08 Å². The fourth-order valence-electron chi connectivity index (χ4n) is 4.35. The van der Waals surface area contributed by atoms with Crippen LogP contribution in [0, 0.1) is 0 Å². The Morgan fingerprint density at radius 1 is 1.00 bits per heavy atom. The number of carbonyl (C=O) groups is 2. The first-order valence-corrected chi connectivity index (χ1v) is 14.2. The molecule has 2 amide bonds. The normalized spacial score (nSPS) is 14.6. The summed E-state index contributed by atoms with van der Waals surface area (Å²) in [5.41, 5.74) is 1.70. The van der Waals surface area contributed by atoms with Crippen LogP contribution in [0.3, 0.4) is 0 Å². The molecule has 4 aromatic rings. The van der Waals surface area contributed by atoms with Gasteiger partial charge in [-0.25, -0.2) is 0 Å². The molecule has 0 atom stereocenters. The molecule has 0 spiro atoms. The minimum absolute atomic E-state index is 0.0929. The second kappa shape index (κ2) is 12.0. The number of anilines is 1. The van der Waals surface area contributed by atoms with Gasteiger partial charge in [0.05, 0.1) is 26.8 Å². The van der Waals surface area contributed by atoms with E-state index in [4.69, 9.17) is 44.9 Å². The van der Waals surface area contributed by atoms with Gasteiger partial charge >= 0.3 is 0 Å². The van der Waals surface area contributed by atoms with Gasteiger partial charge in [-0.05, 0) is 87.3 Å². The number of thiocarbonyl (C=S) groups is 1. The molecular formula is C30H21BrCl2N2O4S. The number of rotatable bonds is 7. The molecule has 4 aromatic carbocycles. The summed E-state index contributed by atoms with van der Waals surface area (Å²) in [7, 11) is 0. The number of nitrogens with one attached hydrogen (secondary N) is 1. The van der Waals surface area contributed by atoms with Crippen molar-refractivity contribution in [1.29, 1.82) is 0 Å². The van der Waals surface area contributed by atoms with Gasteiger partial charge in [0.1, 0.15) is 12.2 Å². The van der Waals surface area contributed by atoms with Crippen molar-refractivity contribution in [2.75, 3.05) is 11.5 Å². The molecule has 0 aromatic heterocycles. The number of carbonyl (C=O) groups excluding carboxylic acids is 2. The molecule has 0 unspecified atom stereocenters. The van der Waals surface area contributed by atoms with E-state index in [1.54, 1.807) is 30.3 Å². The van der Waals surface area contributed by atoms with Crippen molar-refractivity contribution in [1.82, 2.24) is 5.32 Å². The smallest absolute Gasteiger partial charge is 0.270 e. The van der Waals surface area contributed by atoms with Gasteiger partial charge in [-0.2, -0.15) is 0 Å². The van der Waals surface area contributed by atoms with Gasteiger partial charge in [-0.1, -0.05) is 71.7 Å².